The molecule has 1 heterocycles. The zero-order chi connectivity index (χ0) is 14.8. The molecule has 0 aliphatic rings. The molecule has 0 aliphatic heterocycles. The first-order valence-corrected chi connectivity index (χ1v) is 8.98. The third-order valence-corrected chi connectivity index (χ3v) is 6.76. The van der Waals surface area contributed by atoms with Gasteiger partial charge in [-0.25, -0.2) is 12.8 Å². The first kappa shape index (κ1) is 15.6. The minimum absolute atomic E-state index is 0.159. The lowest BCUT2D eigenvalue weighted by Gasteiger charge is -2.19. The molecule has 0 radical (unpaired) electrons. The van der Waals surface area contributed by atoms with Gasteiger partial charge in [0.15, 0.2) is 0 Å². The quantitative estimate of drug-likeness (QED) is 0.793. The van der Waals surface area contributed by atoms with Crippen LogP contribution in [0.3, 0.4) is 0 Å². The molecular weight excluding hydrogens is 365 g/mol. The average molecular weight is 378 g/mol. The normalized spacial score (nSPS) is 12.0. The summed E-state index contributed by atoms with van der Waals surface area (Å²) in [7, 11) is -3.54. The predicted octanol–water partition coefficient (Wildman–Crippen LogP) is 3.86. The molecule has 7 heteroatoms. The van der Waals surface area contributed by atoms with Gasteiger partial charge in [-0.1, -0.05) is 19.1 Å². The summed E-state index contributed by atoms with van der Waals surface area (Å²) in [5.74, 6) is -0.366. The summed E-state index contributed by atoms with van der Waals surface area (Å²) in [5.41, 5.74) is 0.631. The summed E-state index contributed by atoms with van der Waals surface area (Å²) in [6.45, 7) is 2.25. The lowest BCUT2D eigenvalue weighted by atomic mass is 10.2. The summed E-state index contributed by atoms with van der Waals surface area (Å²) >= 11 is 4.42. The van der Waals surface area contributed by atoms with E-state index in [1.807, 2.05) is 0 Å². The molecule has 1 aromatic heterocycles. The summed E-state index contributed by atoms with van der Waals surface area (Å²) in [4.78, 5) is 0. The van der Waals surface area contributed by atoms with E-state index in [4.69, 9.17) is 0 Å². The molecular formula is C13H13BrFNO2S2. The van der Waals surface area contributed by atoms with Crippen LogP contribution in [-0.2, 0) is 16.6 Å². The van der Waals surface area contributed by atoms with Crippen molar-refractivity contribution in [2.75, 3.05) is 6.54 Å². The van der Waals surface area contributed by atoms with Crippen molar-refractivity contribution < 1.29 is 12.8 Å². The minimum Gasteiger partial charge on any atom is -0.207 e. The van der Waals surface area contributed by atoms with Crippen LogP contribution < -0.4 is 0 Å². The monoisotopic (exact) mass is 377 g/mol. The first-order chi connectivity index (χ1) is 9.43. The van der Waals surface area contributed by atoms with Crippen molar-refractivity contribution in [1.82, 2.24) is 4.31 Å². The van der Waals surface area contributed by atoms with Crippen LogP contribution in [0.25, 0.3) is 0 Å². The van der Waals surface area contributed by atoms with Crippen molar-refractivity contribution in [1.29, 1.82) is 0 Å². The van der Waals surface area contributed by atoms with Crippen molar-refractivity contribution in [2.45, 2.75) is 17.7 Å². The van der Waals surface area contributed by atoms with Gasteiger partial charge in [-0.2, -0.15) is 4.31 Å². The molecule has 1 aromatic carbocycles. The first-order valence-electron chi connectivity index (χ1n) is 5.93. The Morgan fingerprint density at radius 3 is 2.60 bits per heavy atom. The van der Waals surface area contributed by atoms with Gasteiger partial charge in [0.25, 0.3) is 10.0 Å². The highest BCUT2D eigenvalue weighted by atomic mass is 79.9. The Labute approximate surface area is 130 Å². The molecule has 0 fully saturated rings. The van der Waals surface area contributed by atoms with Gasteiger partial charge in [-0.15, -0.1) is 11.3 Å². The van der Waals surface area contributed by atoms with E-state index in [9.17, 15) is 12.8 Å². The molecule has 0 amide bonds. The fraction of sp³-hybridized carbons (Fsp3) is 0.231. The van der Waals surface area contributed by atoms with Gasteiger partial charge in [-0.3, -0.25) is 0 Å². The van der Waals surface area contributed by atoms with Gasteiger partial charge in [0.1, 0.15) is 10.0 Å². The second kappa shape index (κ2) is 6.34. The molecule has 0 N–H and O–H groups in total. The van der Waals surface area contributed by atoms with Crippen molar-refractivity contribution >= 4 is 37.3 Å². The number of nitrogens with zero attached hydrogens (tertiary/aromatic N) is 1. The summed E-state index contributed by atoms with van der Waals surface area (Å²) in [5, 5.41) is 0. The largest absolute Gasteiger partial charge is 0.252 e. The van der Waals surface area contributed by atoms with Crippen LogP contribution in [0.15, 0.2) is 44.4 Å². The van der Waals surface area contributed by atoms with E-state index in [1.165, 1.54) is 27.8 Å². The Kier molecular flexibility index (Phi) is 4.95. The lowest BCUT2D eigenvalue weighted by molar-refractivity contribution is 0.424. The van der Waals surface area contributed by atoms with E-state index in [0.29, 0.717) is 12.1 Å². The lowest BCUT2D eigenvalue weighted by Crippen LogP contribution is -2.29. The number of sulfonamides is 1. The van der Waals surface area contributed by atoms with Crippen LogP contribution in [-0.4, -0.2) is 19.3 Å². The molecule has 108 valence electrons. The summed E-state index contributed by atoms with van der Waals surface area (Å²) in [6.07, 6.45) is 0. The molecule has 0 atom stereocenters. The highest BCUT2D eigenvalue weighted by molar-refractivity contribution is 9.11. The standard InChI is InChI=1S/C13H13BrFNO2S2/c1-2-16(9-10-4-3-5-11(15)8-10)20(17,18)13-7-6-12(14)19-13/h3-8H,2,9H2,1H3. The Morgan fingerprint density at radius 2 is 2.05 bits per heavy atom. The third kappa shape index (κ3) is 3.46. The van der Waals surface area contributed by atoms with E-state index >= 15 is 0 Å². The van der Waals surface area contributed by atoms with E-state index in [-0.39, 0.29) is 16.6 Å². The van der Waals surface area contributed by atoms with Crippen LogP contribution in [0.5, 0.6) is 0 Å². The number of thiophene rings is 1. The number of hydrogen-bond acceptors (Lipinski definition) is 3. The summed E-state index contributed by atoms with van der Waals surface area (Å²) < 4.78 is 40.5. The van der Waals surface area contributed by atoms with Crippen molar-refractivity contribution in [3.8, 4) is 0 Å². The Hall–Kier alpha value is -0.760. The van der Waals surface area contributed by atoms with Crippen LogP contribution in [0.4, 0.5) is 4.39 Å². The number of benzene rings is 1. The highest BCUT2D eigenvalue weighted by Gasteiger charge is 2.24. The van der Waals surface area contributed by atoms with Crippen molar-refractivity contribution in [3.63, 3.8) is 0 Å². The Bertz CT molecular complexity index is 700. The minimum atomic E-state index is -3.54. The molecule has 0 spiro atoms. The Morgan fingerprint density at radius 1 is 1.30 bits per heavy atom. The maximum Gasteiger partial charge on any atom is 0.252 e. The van der Waals surface area contributed by atoms with Gasteiger partial charge >= 0.3 is 0 Å². The van der Waals surface area contributed by atoms with Crippen LogP contribution in [0.1, 0.15) is 12.5 Å². The van der Waals surface area contributed by atoms with Gasteiger partial charge in [0.2, 0.25) is 0 Å². The molecule has 2 aromatic rings. The van der Waals surface area contributed by atoms with E-state index < -0.39 is 10.0 Å². The molecule has 20 heavy (non-hydrogen) atoms. The second-order valence-corrected chi connectivity index (χ2v) is 8.75. The topological polar surface area (TPSA) is 37.4 Å². The number of halogens is 2. The Balaban J connectivity index is 2.28. The third-order valence-electron chi connectivity index (χ3n) is 2.74. The molecule has 0 saturated heterocycles. The van der Waals surface area contributed by atoms with Crippen molar-refractivity contribution in [3.05, 3.63) is 51.6 Å². The van der Waals surface area contributed by atoms with E-state index in [0.717, 1.165) is 3.79 Å². The molecule has 0 unspecified atom stereocenters. The van der Waals surface area contributed by atoms with Crippen LogP contribution in [0.2, 0.25) is 0 Å². The fourth-order valence-electron chi connectivity index (χ4n) is 1.77. The second-order valence-electron chi connectivity index (χ2n) is 4.12. The van der Waals surface area contributed by atoms with Gasteiger partial charge in [0, 0.05) is 13.1 Å². The average Bonchev–Trinajstić information content (AvgIpc) is 2.83. The van der Waals surface area contributed by atoms with Gasteiger partial charge in [-0.05, 0) is 45.8 Å². The number of hydrogen-bond donors (Lipinski definition) is 0. The fourth-order valence-corrected chi connectivity index (χ4v) is 5.37. The zero-order valence-corrected chi connectivity index (χ0v) is 13.9. The number of rotatable bonds is 5. The van der Waals surface area contributed by atoms with E-state index in [1.54, 1.807) is 31.2 Å². The van der Waals surface area contributed by atoms with Gasteiger partial charge in [0.05, 0.1) is 3.79 Å². The molecule has 2 rings (SSSR count). The molecule has 3 nitrogen and oxygen atoms in total. The van der Waals surface area contributed by atoms with Crippen LogP contribution in [0, 0.1) is 5.82 Å². The smallest absolute Gasteiger partial charge is 0.207 e. The van der Waals surface area contributed by atoms with E-state index in [2.05, 4.69) is 15.9 Å². The highest BCUT2D eigenvalue weighted by Crippen LogP contribution is 2.29. The molecule has 0 bridgehead atoms. The van der Waals surface area contributed by atoms with Gasteiger partial charge < -0.3 is 0 Å². The van der Waals surface area contributed by atoms with Crippen molar-refractivity contribution in [2.24, 2.45) is 0 Å². The summed E-state index contributed by atoms with van der Waals surface area (Å²) in [6, 6.07) is 9.25. The maximum absolute atomic E-state index is 13.2. The maximum atomic E-state index is 13.2. The zero-order valence-electron chi connectivity index (χ0n) is 10.7. The SMILES string of the molecule is CCN(Cc1cccc(F)c1)S(=O)(=O)c1ccc(Br)s1. The molecule has 0 saturated carbocycles. The predicted molar refractivity (Wildman–Crippen MR) is 81.7 cm³/mol. The van der Waals surface area contributed by atoms with Crippen LogP contribution >= 0.6 is 27.3 Å². The molecule has 0 aliphatic carbocycles.